The third-order valence-electron chi connectivity index (χ3n) is 4.69. The highest BCUT2D eigenvalue weighted by Crippen LogP contribution is 2.27. The zero-order valence-corrected chi connectivity index (χ0v) is 16.4. The molecule has 0 radical (unpaired) electrons. The SMILES string of the molecule is O=C(CSc1ccc2c(c1)CCC2)NNC(=O)c1nn(-c2ccccc2)cc1O. The van der Waals surface area contributed by atoms with Crippen LogP contribution in [0.25, 0.3) is 5.69 Å². The van der Waals surface area contributed by atoms with Crippen molar-refractivity contribution in [3.05, 3.63) is 71.5 Å². The lowest BCUT2D eigenvalue weighted by Gasteiger charge is -2.07. The Bertz CT molecular complexity index is 1050. The summed E-state index contributed by atoms with van der Waals surface area (Å²) in [6, 6.07) is 15.4. The molecule has 7 nitrogen and oxygen atoms in total. The van der Waals surface area contributed by atoms with Gasteiger partial charge in [0.05, 0.1) is 17.6 Å². The molecule has 0 aliphatic heterocycles. The maximum atomic E-state index is 12.2. The second kappa shape index (κ2) is 8.40. The number of thioether (sulfide) groups is 1. The second-order valence-electron chi connectivity index (χ2n) is 6.72. The lowest BCUT2D eigenvalue weighted by Crippen LogP contribution is -2.42. The van der Waals surface area contributed by atoms with E-state index in [0.717, 1.165) is 17.7 Å². The van der Waals surface area contributed by atoms with Gasteiger partial charge in [0.25, 0.3) is 5.91 Å². The zero-order valence-electron chi connectivity index (χ0n) is 15.6. The summed E-state index contributed by atoms with van der Waals surface area (Å²) in [5, 5.41) is 14.1. The molecule has 1 aliphatic rings. The summed E-state index contributed by atoms with van der Waals surface area (Å²) in [7, 11) is 0. The van der Waals surface area contributed by atoms with Crippen LogP contribution in [0.2, 0.25) is 0 Å². The molecule has 1 aromatic heterocycles. The van der Waals surface area contributed by atoms with E-state index in [1.54, 1.807) is 12.1 Å². The maximum Gasteiger partial charge on any atom is 0.294 e. The zero-order chi connectivity index (χ0) is 20.2. The summed E-state index contributed by atoms with van der Waals surface area (Å²) in [6.45, 7) is 0. The van der Waals surface area contributed by atoms with Gasteiger partial charge in [-0.2, -0.15) is 5.10 Å². The van der Waals surface area contributed by atoms with Crippen molar-refractivity contribution in [1.29, 1.82) is 0 Å². The third kappa shape index (κ3) is 4.43. The van der Waals surface area contributed by atoms with Gasteiger partial charge < -0.3 is 5.11 Å². The molecule has 1 aliphatic carbocycles. The standard InChI is InChI=1S/C21H20N4O3S/c26-18-12-25(16-7-2-1-3-8-16)24-20(18)21(28)23-22-19(27)13-29-17-10-9-14-5-4-6-15(14)11-17/h1-3,7-12,26H,4-6,13H2,(H,22,27)(H,23,28). The molecule has 0 spiro atoms. The molecule has 1 heterocycles. The minimum atomic E-state index is -0.687. The van der Waals surface area contributed by atoms with E-state index in [-0.39, 0.29) is 23.1 Å². The first-order valence-corrected chi connectivity index (χ1v) is 10.3. The highest BCUT2D eigenvalue weighted by Gasteiger charge is 2.18. The molecule has 0 fully saturated rings. The number of hydrazine groups is 1. The van der Waals surface area contributed by atoms with E-state index in [1.165, 1.54) is 40.2 Å². The first-order valence-electron chi connectivity index (χ1n) is 9.28. The van der Waals surface area contributed by atoms with Crippen molar-refractivity contribution >= 4 is 23.6 Å². The Morgan fingerprint density at radius 3 is 2.69 bits per heavy atom. The van der Waals surface area contributed by atoms with Crippen LogP contribution in [-0.4, -0.2) is 32.5 Å². The number of amides is 2. The Kier molecular flexibility index (Phi) is 5.53. The van der Waals surface area contributed by atoms with E-state index in [1.807, 2.05) is 24.3 Å². The van der Waals surface area contributed by atoms with Crippen molar-refractivity contribution in [2.45, 2.75) is 24.2 Å². The second-order valence-corrected chi connectivity index (χ2v) is 7.77. The summed E-state index contributed by atoms with van der Waals surface area (Å²) in [6.07, 6.45) is 4.74. The topological polar surface area (TPSA) is 96.3 Å². The molecule has 0 atom stereocenters. The van der Waals surface area contributed by atoms with Gasteiger partial charge in [0.15, 0.2) is 11.4 Å². The number of carbonyl (C=O) groups is 2. The molecule has 0 saturated heterocycles. The van der Waals surface area contributed by atoms with E-state index in [0.29, 0.717) is 5.69 Å². The monoisotopic (exact) mass is 408 g/mol. The van der Waals surface area contributed by atoms with Crippen molar-refractivity contribution in [1.82, 2.24) is 20.6 Å². The number of hydrogen-bond acceptors (Lipinski definition) is 5. The van der Waals surface area contributed by atoms with E-state index >= 15 is 0 Å². The number of rotatable bonds is 5. The van der Waals surface area contributed by atoms with Crippen LogP contribution in [0.1, 0.15) is 28.0 Å². The number of nitrogens with zero attached hydrogens (tertiary/aromatic N) is 2. The predicted octanol–water partition coefficient (Wildman–Crippen LogP) is 2.62. The summed E-state index contributed by atoms with van der Waals surface area (Å²) >= 11 is 1.41. The number of aryl methyl sites for hydroxylation is 2. The normalized spacial score (nSPS) is 12.4. The Morgan fingerprint density at radius 1 is 1.07 bits per heavy atom. The number of aromatic nitrogens is 2. The number of para-hydroxylation sites is 1. The number of benzene rings is 2. The number of aromatic hydroxyl groups is 1. The van der Waals surface area contributed by atoms with E-state index in [2.05, 4.69) is 28.1 Å². The predicted molar refractivity (Wildman–Crippen MR) is 110 cm³/mol. The van der Waals surface area contributed by atoms with Crippen LogP contribution in [-0.2, 0) is 17.6 Å². The first kappa shape index (κ1) is 19.1. The summed E-state index contributed by atoms with van der Waals surface area (Å²) in [4.78, 5) is 25.3. The number of carbonyl (C=O) groups excluding carboxylic acids is 2. The lowest BCUT2D eigenvalue weighted by atomic mass is 10.1. The van der Waals surface area contributed by atoms with Gasteiger partial charge in [-0.15, -0.1) is 11.8 Å². The Hall–Kier alpha value is -3.26. The lowest BCUT2D eigenvalue weighted by molar-refractivity contribution is -0.119. The van der Waals surface area contributed by atoms with Crippen molar-refractivity contribution in [3.8, 4) is 11.4 Å². The summed E-state index contributed by atoms with van der Waals surface area (Å²) < 4.78 is 1.40. The van der Waals surface area contributed by atoms with Gasteiger partial charge in [-0.25, -0.2) is 4.68 Å². The fourth-order valence-electron chi connectivity index (χ4n) is 3.25. The molecule has 8 heteroatoms. The van der Waals surface area contributed by atoms with Gasteiger partial charge in [0, 0.05) is 4.90 Å². The summed E-state index contributed by atoms with van der Waals surface area (Å²) in [5.41, 5.74) is 7.94. The van der Waals surface area contributed by atoms with Crippen LogP contribution in [0.3, 0.4) is 0 Å². The fraction of sp³-hybridized carbons (Fsp3) is 0.190. The Morgan fingerprint density at radius 2 is 1.86 bits per heavy atom. The minimum absolute atomic E-state index is 0.166. The fourth-order valence-corrected chi connectivity index (χ4v) is 4.01. The Labute approximate surface area is 172 Å². The van der Waals surface area contributed by atoms with Crippen LogP contribution >= 0.6 is 11.8 Å². The molecule has 2 aromatic carbocycles. The van der Waals surface area contributed by atoms with E-state index < -0.39 is 5.91 Å². The molecule has 3 N–H and O–H groups in total. The highest BCUT2D eigenvalue weighted by molar-refractivity contribution is 8.00. The molecule has 0 bridgehead atoms. The molecular weight excluding hydrogens is 388 g/mol. The van der Waals surface area contributed by atoms with E-state index in [9.17, 15) is 14.7 Å². The third-order valence-corrected chi connectivity index (χ3v) is 5.68. The van der Waals surface area contributed by atoms with Crippen molar-refractivity contribution in [3.63, 3.8) is 0 Å². The van der Waals surface area contributed by atoms with Crippen LogP contribution in [0, 0.1) is 0 Å². The quantitative estimate of drug-likeness (QED) is 0.446. The molecule has 4 rings (SSSR count). The minimum Gasteiger partial charge on any atom is -0.504 e. The van der Waals surface area contributed by atoms with Gasteiger partial charge in [-0.1, -0.05) is 24.3 Å². The number of hydrogen-bond donors (Lipinski definition) is 3. The molecule has 0 saturated carbocycles. The Balaban J connectivity index is 1.30. The average molecular weight is 408 g/mol. The van der Waals surface area contributed by atoms with Crippen LogP contribution < -0.4 is 10.9 Å². The first-order chi connectivity index (χ1) is 14.1. The van der Waals surface area contributed by atoms with Gasteiger partial charge in [-0.05, 0) is 54.7 Å². The van der Waals surface area contributed by atoms with Crippen molar-refractivity contribution in [2.24, 2.45) is 0 Å². The molecule has 2 amide bonds. The van der Waals surface area contributed by atoms with Crippen molar-refractivity contribution in [2.75, 3.05) is 5.75 Å². The van der Waals surface area contributed by atoms with Crippen molar-refractivity contribution < 1.29 is 14.7 Å². The maximum absolute atomic E-state index is 12.2. The molecule has 0 unspecified atom stereocenters. The van der Waals surface area contributed by atoms with Gasteiger partial charge in [0.2, 0.25) is 5.91 Å². The molecular formula is C21H20N4O3S. The summed E-state index contributed by atoms with van der Waals surface area (Å²) in [5.74, 6) is -1.13. The van der Waals surface area contributed by atoms with Gasteiger partial charge in [0.1, 0.15) is 0 Å². The van der Waals surface area contributed by atoms with Gasteiger partial charge >= 0.3 is 0 Å². The average Bonchev–Trinajstić information content (AvgIpc) is 3.37. The molecule has 29 heavy (non-hydrogen) atoms. The van der Waals surface area contributed by atoms with Gasteiger partial charge in [-0.3, -0.25) is 20.4 Å². The molecule has 3 aromatic rings. The molecule has 148 valence electrons. The van der Waals surface area contributed by atoms with Crippen LogP contribution in [0.15, 0.2) is 59.6 Å². The number of nitrogens with one attached hydrogen (secondary N) is 2. The highest BCUT2D eigenvalue weighted by atomic mass is 32.2. The number of fused-ring (bicyclic) bond motifs is 1. The largest absolute Gasteiger partial charge is 0.504 e. The van der Waals surface area contributed by atoms with E-state index in [4.69, 9.17) is 0 Å². The smallest absolute Gasteiger partial charge is 0.294 e. The van der Waals surface area contributed by atoms with Crippen LogP contribution in [0.4, 0.5) is 0 Å². The van der Waals surface area contributed by atoms with Crippen LogP contribution in [0.5, 0.6) is 5.75 Å².